The minimum absolute atomic E-state index is 0.0550. The van der Waals surface area contributed by atoms with Crippen LogP contribution in [0, 0.1) is 6.92 Å². The predicted octanol–water partition coefficient (Wildman–Crippen LogP) is 3.61. The number of nitrogens with one attached hydrogen (secondary N) is 2. The van der Waals surface area contributed by atoms with Crippen molar-refractivity contribution < 1.29 is 4.79 Å². The van der Waals surface area contributed by atoms with E-state index >= 15 is 0 Å². The molecule has 0 radical (unpaired) electrons. The van der Waals surface area contributed by atoms with E-state index in [0.29, 0.717) is 5.56 Å². The molecule has 3 nitrogen and oxygen atoms in total. The second-order valence-corrected chi connectivity index (χ2v) is 5.57. The van der Waals surface area contributed by atoms with Gasteiger partial charge in [-0.25, -0.2) is 0 Å². The molecule has 0 fully saturated rings. The van der Waals surface area contributed by atoms with Crippen LogP contribution in [0.2, 0.25) is 0 Å². The van der Waals surface area contributed by atoms with Gasteiger partial charge in [0.15, 0.2) is 0 Å². The highest BCUT2D eigenvalue weighted by molar-refractivity contribution is 9.10. The number of amides is 1. The Hall–Kier alpha value is -1.81. The van der Waals surface area contributed by atoms with Crippen molar-refractivity contribution in [1.29, 1.82) is 0 Å². The van der Waals surface area contributed by atoms with Gasteiger partial charge in [-0.1, -0.05) is 45.8 Å². The van der Waals surface area contributed by atoms with E-state index in [1.54, 1.807) is 0 Å². The first kappa shape index (κ1) is 12.2. The van der Waals surface area contributed by atoms with Crippen molar-refractivity contribution in [2.45, 2.75) is 13.1 Å². The fourth-order valence-electron chi connectivity index (χ4n) is 2.16. The normalized spacial score (nSPS) is 17.4. The maximum absolute atomic E-state index is 12.1. The third-order valence-corrected chi connectivity index (χ3v) is 3.71. The van der Waals surface area contributed by atoms with Crippen LogP contribution in [0.5, 0.6) is 0 Å². The van der Waals surface area contributed by atoms with E-state index in [1.165, 1.54) is 5.56 Å². The van der Waals surface area contributed by atoms with Crippen molar-refractivity contribution in [2.24, 2.45) is 0 Å². The van der Waals surface area contributed by atoms with Gasteiger partial charge in [-0.05, 0) is 30.7 Å². The number of hydrogen-bond donors (Lipinski definition) is 2. The Balaban J connectivity index is 1.95. The smallest absolute Gasteiger partial charge is 0.255 e. The van der Waals surface area contributed by atoms with Gasteiger partial charge in [0.1, 0.15) is 6.17 Å². The molecule has 1 aliphatic heterocycles. The van der Waals surface area contributed by atoms with Gasteiger partial charge in [-0.3, -0.25) is 4.79 Å². The van der Waals surface area contributed by atoms with E-state index in [9.17, 15) is 4.79 Å². The minimum Gasteiger partial charge on any atom is -0.361 e. The van der Waals surface area contributed by atoms with Crippen molar-refractivity contribution >= 4 is 27.5 Å². The Morgan fingerprint density at radius 1 is 1.05 bits per heavy atom. The molecule has 96 valence electrons. The summed E-state index contributed by atoms with van der Waals surface area (Å²) in [5, 5.41) is 6.30. The highest BCUT2D eigenvalue weighted by atomic mass is 79.9. The van der Waals surface area contributed by atoms with Crippen molar-refractivity contribution in [3.05, 3.63) is 63.6 Å². The number of benzene rings is 2. The summed E-state index contributed by atoms with van der Waals surface area (Å²) in [6.07, 6.45) is -0.179. The number of fused-ring (bicyclic) bond motifs is 1. The molecule has 0 saturated carbocycles. The molecule has 0 spiro atoms. The topological polar surface area (TPSA) is 41.1 Å². The van der Waals surface area contributed by atoms with Gasteiger partial charge >= 0.3 is 0 Å². The van der Waals surface area contributed by atoms with E-state index in [0.717, 1.165) is 15.7 Å². The number of rotatable bonds is 1. The Morgan fingerprint density at radius 3 is 2.53 bits per heavy atom. The standard InChI is InChI=1S/C15H13BrN2O/c1-9-2-4-10(5-3-9)14-17-13-7-6-11(16)8-12(13)15(19)18-14/h2-8,14,17H,1H3,(H,18,19). The third kappa shape index (κ3) is 2.36. The molecule has 0 aromatic heterocycles. The molecule has 2 N–H and O–H groups in total. The van der Waals surface area contributed by atoms with Crippen molar-refractivity contribution in [2.75, 3.05) is 5.32 Å². The van der Waals surface area contributed by atoms with Gasteiger partial charge in [0, 0.05) is 10.2 Å². The summed E-state index contributed by atoms with van der Waals surface area (Å²) >= 11 is 3.38. The second kappa shape index (κ2) is 4.70. The number of halogens is 1. The molecule has 19 heavy (non-hydrogen) atoms. The van der Waals surface area contributed by atoms with Crippen molar-refractivity contribution in [3.8, 4) is 0 Å². The zero-order valence-electron chi connectivity index (χ0n) is 10.4. The van der Waals surface area contributed by atoms with Gasteiger partial charge in [-0.15, -0.1) is 0 Å². The number of aryl methyl sites for hydroxylation is 1. The van der Waals surface area contributed by atoms with Gasteiger partial charge in [0.2, 0.25) is 0 Å². The molecular formula is C15H13BrN2O. The summed E-state index contributed by atoms with van der Waals surface area (Å²) in [5.41, 5.74) is 3.78. The molecule has 1 atom stereocenters. The molecule has 1 heterocycles. The molecule has 1 amide bonds. The summed E-state index contributed by atoms with van der Waals surface area (Å²) in [6.45, 7) is 2.05. The number of carbonyl (C=O) groups is 1. The molecule has 0 saturated heterocycles. The zero-order chi connectivity index (χ0) is 13.4. The Kier molecular flexibility index (Phi) is 3.03. The summed E-state index contributed by atoms with van der Waals surface area (Å²) in [7, 11) is 0. The van der Waals surface area contributed by atoms with Crippen LogP contribution in [0.25, 0.3) is 0 Å². The van der Waals surface area contributed by atoms with Gasteiger partial charge in [0.05, 0.1) is 5.56 Å². The first-order chi connectivity index (χ1) is 9.13. The molecule has 3 rings (SSSR count). The molecule has 0 aliphatic carbocycles. The lowest BCUT2D eigenvalue weighted by Gasteiger charge is -2.28. The third-order valence-electron chi connectivity index (χ3n) is 3.21. The minimum atomic E-state index is -0.179. The van der Waals surface area contributed by atoms with Crippen LogP contribution >= 0.6 is 15.9 Å². The number of carbonyl (C=O) groups excluding carboxylic acids is 1. The Labute approximate surface area is 120 Å². The first-order valence-electron chi connectivity index (χ1n) is 6.07. The van der Waals surface area contributed by atoms with Crippen LogP contribution in [0.4, 0.5) is 5.69 Å². The highest BCUT2D eigenvalue weighted by Crippen LogP contribution is 2.28. The van der Waals surface area contributed by atoms with Crippen LogP contribution < -0.4 is 10.6 Å². The summed E-state index contributed by atoms with van der Waals surface area (Å²) in [6, 6.07) is 13.8. The van der Waals surface area contributed by atoms with Crippen LogP contribution in [-0.4, -0.2) is 5.91 Å². The fourth-order valence-corrected chi connectivity index (χ4v) is 2.52. The maximum atomic E-state index is 12.1. The van der Waals surface area contributed by atoms with E-state index < -0.39 is 0 Å². The van der Waals surface area contributed by atoms with E-state index in [1.807, 2.05) is 49.4 Å². The molecule has 1 aliphatic rings. The van der Waals surface area contributed by atoms with E-state index in [-0.39, 0.29) is 12.1 Å². The monoisotopic (exact) mass is 316 g/mol. The molecule has 1 unspecified atom stereocenters. The largest absolute Gasteiger partial charge is 0.361 e. The summed E-state index contributed by atoms with van der Waals surface area (Å²) in [5.74, 6) is -0.0550. The molecular weight excluding hydrogens is 304 g/mol. The van der Waals surface area contributed by atoms with Crippen LogP contribution in [0.1, 0.15) is 27.7 Å². The SMILES string of the molecule is Cc1ccc(C2NC(=O)c3cc(Br)ccc3N2)cc1. The predicted molar refractivity (Wildman–Crippen MR) is 79.2 cm³/mol. The number of anilines is 1. The maximum Gasteiger partial charge on any atom is 0.255 e. The van der Waals surface area contributed by atoms with Crippen molar-refractivity contribution in [3.63, 3.8) is 0 Å². The zero-order valence-corrected chi connectivity index (χ0v) is 12.0. The lowest BCUT2D eigenvalue weighted by atomic mass is 10.0. The Morgan fingerprint density at radius 2 is 1.79 bits per heavy atom. The van der Waals surface area contributed by atoms with Gasteiger partial charge in [0.25, 0.3) is 5.91 Å². The summed E-state index contributed by atoms with van der Waals surface area (Å²) < 4.78 is 0.900. The van der Waals surface area contributed by atoms with E-state index in [2.05, 4.69) is 26.6 Å². The summed E-state index contributed by atoms with van der Waals surface area (Å²) in [4.78, 5) is 12.1. The highest BCUT2D eigenvalue weighted by Gasteiger charge is 2.24. The Bertz CT molecular complexity index is 637. The van der Waals surface area contributed by atoms with Crippen LogP contribution in [0.3, 0.4) is 0 Å². The van der Waals surface area contributed by atoms with Crippen molar-refractivity contribution in [1.82, 2.24) is 5.32 Å². The number of hydrogen-bond acceptors (Lipinski definition) is 2. The fraction of sp³-hybridized carbons (Fsp3) is 0.133. The van der Waals surface area contributed by atoms with Gasteiger partial charge < -0.3 is 10.6 Å². The van der Waals surface area contributed by atoms with E-state index in [4.69, 9.17) is 0 Å². The first-order valence-corrected chi connectivity index (χ1v) is 6.86. The van der Waals surface area contributed by atoms with Crippen LogP contribution in [-0.2, 0) is 0 Å². The lowest BCUT2D eigenvalue weighted by molar-refractivity contribution is 0.0935. The average molecular weight is 317 g/mol. The van der Waals surface area contributed by atoms with Gasteiger partial charge in [-0.2, -0.15) is 0 Å². The lowest BCUT2D eigenvalue weighted by Crippen LogP contribution is -2.38. The molecule has 2 aromatic carbocycles. The molecule has 0 bridgehead atoms. The molecule has 2 aromatic rings. The average Bonchev–Trinajstić information content (AvgIpc) is 2.40. The van der Waals surface area contributed by atoms with Crippen LogP contribution in [0.15, 0.2) is 46.9 Å². The second-order valence-electron chi connectivity index (χ2n) is 4.65. The quantitative estimate of drug-likeness (QED) is 0.843. The molecule has 4 heteroatoms.